The minimum atomic E-state index is -1.61. The predicted octanol–water partition coefficient (Wildman–Crippen LogP) is 3.73. The first kappa shape index (κ1) is 20.7. The van der Waals surface area contributed by atoms with E-state index in [0.29, 0.717) is 21.8 Å². The fraction of sp³-hybridized carbons (Fsp3) is 0.0556. The molecule has 2 rings (SSSR count). The highest BCUT2D eigenvalue weighted by molar-refractivity contribution is 6.46. The molecule has 0 heterocycles. The minimum absolute atomic E-state index is 0.259. The van der Waals surface area contributed by atoms with E-state index in [1.807, 2.05) is 0 Å². The first-order chi connectivity index (χ1) is 13.3. The zero-order chi connectivity index (χ0) is 20.7. The number of benzene rings is 2. The number of halogens is 2. The maximum atomic E-state index is 11.5. The summed E-state index contributed by atoms with van der Waals surface area (Å²) in [7, 11) is 0. The van der Waals surface area contributed by atoms with Gasteiger partial charge in [-0.05, 0) is 35.4 Å². The van der Waals surface area contributed by atoms with Crippen LogP contribution in [0.2, 0.25) is 10.0 Å². The van der Waals surface area contributed by atoms with Crippen LogP contribution in [0.25, 0.3) is 0 Å². The molecular weight excluding hydrogens is 405 g/mol. The molecule has 10 heteroatoms. The number of hydrogen-bond donors (Lipinski definition) is 3. The molecule has 2 aromatic carbocycles. The number of carbonyl (C=O) groups is 2. The average Bonchev–Trinajstić information content (AvgIpc) is 2.65. The number of hydrazone groups is 1. The van der Waals surface area contributed by atoms with Crippen LogP contribution in [-0.2, 0) is 4.79 Å². The van der Waals surface area contributed by atoms with Gasteiger partial charge in [-0.2, -0.15) is 15.6 Å². The summed E-state index contributed by atoms with van der Waals surface area (Å²) in [5.41, 5.74) is 3.36. The summed E-state index contributed by atoms with van der Waals surface area (Å²) in [6, 6.07) is 15.1. The van der Waals surface area contributed by atoms with Gasteiger partial charge in [-0.25, -0.2) is 4.79 Å². The summed E-state index contributed by atoms with van der Waals surface area (Å²) >= 11 is 12.1. The number of amides is 2. The second-order valence-electron chi connectivity index (χ2n) is 5.29. The maximum Gasteiger partial charge on any atom is 0.411 e. The number of carboxylic acid groups (broad SMARTS) is 1. The summed E-state index contributed by atoms with van der Waals surface area (Å²) in [6.07, 6.45) is -1.61. The molecule has 28 heavy (non-hydrogen) atoms. The monoisotopic (exact) mass is 415 g/mol. The van der Waals surface area contributed by atoms with Gasteiger partial charge in [0.05, 0.1) is 17.7 Å². The smallest absolute Gasteiger partial charge is 0.411 e. The quantitative estimate of drug-likeness (QED) is 0.501. The van der Waals surface area contributed by atoms with E-state index in [1.165, 1.54) is 17.5 Å². The second-order valence-corrected chi connectivity index (χ2v) is 6.14. The van der Waals surface area contributed by atoms with Crippen LogP contribution in [0.5, 0.6) is 0 Å². The Balaban J connectivity index is 2.24. The summed E-state index contributed by atoms with van der Waals surface area (Å²) < 4.78 is 0. The molecule has 140 valence electrons. The largest absolute Gasteiger partial charge is 0.465 e. The van der Waals surface area contributed by atoms with Crippen molar-refractivity contribution in [3.8, 4) is 12.1 Å². The van der Waals surface area contributed by atoms with Gasteiger partial charge in [0.25, 0.3) is 5.91 Å². The molecule has 0 fully saturated rings. The van der Waals surface area contributed by atoms with Crippen molar-refractivity contribution in [3.63, 3.8) is 0 Å². The Kier molecular flexibility index (Phi) is 6.94. The fourth-order valence-electron chi connectivity index (χ4n) is 2.21. The maximum absolute atomic E-state index is 11.5. The molecule has 0 aliphatic heterocycles. The molecule has 3 N–H and O–H groups in total. The van der Waals surface area contributed by atoms with Crippen LogP contribution in [-0.4, -0.2) is 22.8 Å². The van der Waals surface area contributed by atoms with Crippen LogP contribution in [0.3, 0.4) is 0 Å². The summed E-state index contributed by atoms with van der Waals surface area (Å²) in [5.74, 6) is -1.80. The van der Waals surface area contributed by atoms with Crippen molar-refractivity contribution >= 4 is 46.6 Å². The molecule has 0 radical (unpaired) electrons. The van der Waals surface area contributed by atoms with Gasteiger partial charge in [0, 0.05) is 10.0 Å². The molecule has 0 aromatic heterocycles. The molecular formula is C18H11Cl2N5O3. The van der Waals surface area contributed by atoms with Gasteiger partial charge in [0.1, 0.15) is 6.07 Å². The van der Waals surface area contributed by atoms with Gasteiger partial charge < -0.3 is 5.11 Å². The van der Waals surface area contributed by atoms with Crippen LogP contribution in [0.4, 0.5) is 10.5 Å². The molecule has 0 aliphatic rings. The van der Waals surface area contributed by atoms with Gasteiger partial charge in [-0.1, -0.05) is 41.4 Å². The molecule has 0 saturated carbocycles. The lowest BCUT2D eigenvalue weighted by atomic mass is 9.92. The Morgan fingerprint density at radius 2 is 1.79 bits per heavy atom. The topological polar surface area (TPSA) is 138 Å². The van der Waals surface area contributed by atoms with Crippen LogP contribution in [0.1, 0.15) is 17.0 Å². The zero-order valence-electron chi connectivity index (χ0n) is 14.0. The minimum Gasteiger partial charge on any atom is -0.465 e. The number of nitriles is 2. The lowest BCUT2D eigenvalue weighted by molar-refractivity contribution is -0.114. The first-order valence-corrected chi connectivity index (χ1v) is 8.34. The summed E-state index contributed by atoms with van der Waals surface area (Å²) in [6.45, 7) is 0. The Morgan fingerprint density at radius 3 is 2.32 bits per heavy atom. The molecule has 0 bridgehead atoms. The van der Waals surface area contributed by atoms with Crippen LogP contribution in [0, 0.1) is 22.7 Å². The normalized spacial score (nSPS) is 11.6. The number of anilines is 1. The predicted molar refractivity (Wildman–Crippen MR) is 103 cm³/mol. The summed E-state index contributed by atoms with van der Waals surface area (Å²) in [4.78, 5) is 21.9. The third-order valence-corrected chi connectivity index (χ3v) is 4.06. The molecule has 2 aromatic rings. The number of imide groups is 1. The molecule has 0 spiro atoms. The van der Waals surface area contributed by atoms with Crippen molar-refractivity contribution in [2.75, 3.05) is 5.43 Å². The molecule has 8 nitrogen and oxygen atoms in total. The van der Waals surface area contributed by atoms with E-state index in [9.17, 15) is 14.9 Å². The van der Waals surface area contributed by atoms with E-state index >= 15 is 0 Å². The lowest BCUT2D eigenvalue weighted by Crippen LogP contribution is -2.34. The van der Waals surface area contributed by atoms with Gasteiger partial charge in [-0.3, -0.25) is 15.5 Å². The van der Waals surface area contributed by atoms with Crippen molar-refractivity contribution in [3.05, 3.63) is 63.6 Å². The van der Waals surface area contributed by atoms with E-state index in [4.69, 9.17) is 33.6 Å². The molecule has 0 saturated heterocycles. The third-order valence-electron chi connectivity index (χ3n) is 3.48. The lowest BCUT2D eigenvalue weighted by Gasteiger charge is -2.13. The Morgan fingerprint density at radius 1 is 1.11 bits per heavy atom. The van der Waals surface area contributed by atoms with E-state index in [-0.39, 0.29) is 5.02 Å². The standard InChI is InChI=1S/C18H11Cl2N5O3/c19-11-3-1-10(2-4-11)14(8-21)13-6-5-12(7-15(13)20)24-25-16(9-22)17(26)23-18(27)28/h1-7,14,24H,(H,23,26)(H,27,28). The van der Waals surface area contributed by atoms with Crippen molar-refractivity contribution < 1.29 is 14.7 Å². The average molecular weight is 416 g/mol. The Labute approximate surface area is 169 Å². The van der Waals surface area contributed by atoms with Crippen molar-refractivity contribution in [1.29, 1.82) is 10.5 Å². The van der Waals surface area contributed by atoms with Crippen LogP contribution in [0.15, 0.2) is 47.6 Å². The van der Waals surface area contributed by atoms with Gasteiger partial charge in [0.2, 0.25) is 5.71 Å². The highest BCUT2D eigenvalue weighted by atomic mass is 35.5. The first-order valence-electron chi connectivity index (χ1n) is 7.58. The van der Waals surface area contributed by atoms with Crippen LogP contribution >= 0.6 is 23.2 Å². The number of hydrogen-bond acceptors (Lipinski definition) is 6. The van der Waals surface area contributed by atoms with Gasteiger partial charge in [-0.15, -0.1) is 0 Å². The van der Waals surface area contributed by atoms with Crippen molar-refractivity contribution in [1.82, 2.24) is 5.32 Å². The third kappa shape index (κ3) is 5.21. The number of carbonyl (C=O) groups excluding carboxylic acids is 1. The van der Waals surface area contributed by atoms with E-state index in [2.05, 4.69) is 16.6 Å². The molecule has 0 aliphatic carbocycles. The van der Waals surface area contributed by atoms with Gasteiger partial charge >= 0.3 is 6.09 Å². The SMILES string of the molecule is N#CC(=NNc1ccc(C(C#N)c2ccc(Cl)cc2)c(Cl)c1)C(=O)NC(=O)O. The van der Waals surface area contributed by atoms with E-state index in [0.717, 1.165) is 0 Å². The Bertz CT molecular complexity index is 1020. The van der Waals surface area contributed by atoms with Crippen molar-refractivity contribution in [2.45, 2.75) is 5.92 Å². The number of nitrogens with one attached hydrogen (secondary N) is 2. The van der Waals surface area contributed by atoms with E-state index < -0.39 is 23.6 Å². The molecule has 1 atom stereocenters. The molecule has 1 unspecified atom stereocenters. The number of rotatable bonds is 5. The second kappa shape index (κ2) is 9.38. The number of nitrogens with zero attached hydrogens (tertiary/aromatic N) is 3. The van der Waals surface area contributed by atoms with E-state index in [1.54, 1.807) is 36.4 Å². The highest BCUT2D eigenvalue weighted by Crippen LogP contribution is 2.32. The molecule has 2 amide bonds. The highest BCUT2D eigenvalue weighted by Gasteiger charge is 2.17. The van der Waals surface area contributed by atoms with Crippen LogP contribution < -0.4 is 10.7 Å². The summed E-state index contributed by atoms with van der Waals surface area (Å²) in [5, 5.41) is 32.8. The zero-order valence-corrected chi connectivity index (χ0v) is 15.5. The fourth-order valence-corrected chi connectivity index (χ4v) is 2.63. The van der Waals surface area contributed by atoms with Gasteiger partial charge in [0.15, 0.2) is 0 Å². The Hall–Kier alpha value is -3.59. The van der Waals surface area contributed by atoms with Crippen molar-refractivity contribution in [2.24, 2.45) is 5.10 Å².